The number of hydrogen-bond acceptors (Lipinski definition) is 3. The van der Waals surface area contributed by atoms with Crippen molar-refractivity contribution in [1.82, 2.24) is 4.90 Å². The topological polar surface area (TPSA) is 49.8 Å². The Hall–Kier alpha value is -0.770. The molecular weight excluding hydrogens is 206 g/mol. The monoisotopic (exact) mass is 229 g/mol. The van der Waals surface area contributed by atoms with E-state index in [9.17, 15) is 9.90 Å². The third kappa shape index (κ3) is 3.11. The molecule has 0 aromatic rings. The fraction of sp³-hybridized carbons (Fsp3) is 0.917. The number of rotatable bonds is 2. The fourth-order valence-corrected chi connectivity index (χ4v) is 2.15. The summed E-state index contributed by atoms with van der Waals surface area (Å²) >= 11 is 0. The standard InChI is InChI=1S/C12H23NO3/c1-5-9-6-7-10(8-14)13(9)11(15)16-12(2,3)4/h9-10,14H,5-8H2,1-4H3/t9-,10-/m1/s1. The van der Waals surface area contributed by atoms with Crippen LogP contribution in [0.5, 0.6) is 0 Å². The molecule has 0 radical (unpaired) electrons. The fourth-order valence-electron chi connectivity index (χ4n) is 2.15. The maximum atomic E-state index is 12.0. The van der Waals surface area contributed by atoms with Crippen molar-refractivity contribution in [2.24, 2.45) is 0 Å². The number of hydrogen-bond donors (Lipinski definition) is 1. The number of likely N-dealkylation sites (tertiary alicyclic amines) is 1. The zero-order valence-corrected chi connectivity index (χ0v) is 10.7. The number of aliphatic hydroxyl groups is 1. The Morgan fingerprint density at radius 1 is 1.38 bits per heavy atom. The first-order chi connectivity index (χ1) is 7.39. The molecule has 16 heavy (non-hydrogen) atoms. The minimum Gasteiger partial charge on any atom is -0.444 e. The molecule has 0 saturated carbocycles. The molecule has 1 rings (SSSR count). The van der Waals surface area contributed by atoms with Crippen LogP contribution in [-0.4, -0.2) is 40.4 Å². The maximum absolute atomic E-state index is 12.0. The largest absolute Gasteiger partial charge is 0.444 e. The summed E-state index contributed by atoms with van der Waals surface area (Å²) in [6.45, 7) is 7.65. The highest BCUT2D eigenvalue weighted by atomic mass is 16.6. The maximum Gasteiger partial charge on any atom is 0.410 e. The number of amides is 1. The van der Waals surface area contributed by atoms with E-state index in [4.69, 9.17) is 4.74 Å². The van der Waals surface area contributed by atoms with Crippen LogP contribution in [-0.2, 0) is 4.74 Å². The summed E-state index contributed by atoms with van der Waals surface area (Å²) in [7, 11) is 0. The highest BCUT2D eigenvalue weighted by Crippen LogP contribution is 2.27. The molecule has 1 aliphatic rings. The van der Waals surface area contributed by atoms with Crippen molar-refractivity contribution in [1.29, 1.82) is 0 Å². The van der Waals surface area contributed by atoms with Gasteiger partial charge >= 0.3 is 6.09 Å². The molecular formula is C12H23NO3. The van der Waals surface area contributed by atoms with Crippen LogP contribution < -0.4 is 0 Å². The first-order valence-corrected chi connectivity index (χ1v) is 6.01. The lowest BCUT2D eigenvalue weighted by molar-refractivity contribution is 0.00864. The molecule has 1 saturated heterocycles. The van der Waals surface area contributed by atoms with Gasteiger partial charge in [-0.25, -0.2) is 4.79 Å². The molecule has 1 aliphatic heterocycles. The summed E-state index contributed by atoms with van der Waals surface area (Å²) in [4.78, 5) is 13.7. The molecule has 1 heterocycles. The van der Waals surface area contributed by atoms with Crippen LogP contribution in [0.25, 0.3) is 0 Å². The lowest BCUT2D eigenvalue weighted by atomic mass is 10.1. The summed E-state index contributed by atoms with van der Waals surface area (Å²) in [5, 5.41) is 9.25. The van der Waals surface area contributed by atoms with Gasteiger partial charge in [-0.3, -0.25) is 4.90 Å². The molecule has 94 valence electrons. The van der Waals surface area contributed by atoms with Crippen molar-refractivity contribution in [3.8, 4) is 0 Å². The Morgan fingerprint density at radius 3 is 2.38 bits per heavy atom. The molecule has 4 heteroatoms. The van der Waals surface area contributed by atoms with E-state index < -0.39 is 5.60 Å². The first-order valence-electron chi connectivity index (χ1n) is 6.01. The SMILES string of the molecule is CC[C@@H]1CC[C@H](CO)N1C(=O)OC(C)(C)C. The van der Waals surface area contributed by atoms with Crippen molar-refractivity contribution in [2.45, 2.75) is 64.6 Å². The van der Waals surface area contributed by atoms with Gasteiger partial charge in [-0.1, -0.05) is 6.92 Å². The molecule has 1 amide bonds. The molecule has 2 atom stereocenters. The van der Waals surface area contributed by atoms with Gasteiger partial charge in [0.15, 0.2) is 0 Å². The van der Waals surface area contributed by atoms with E-state index in [0.717, 1.165) is 19.3 Å². The second-order valence-corrected chi connectivity index (χ2v) is 5.36. The third-order valence-electron chi connectivity index (χ3n) is 2.91. The van der Waals surface area contributed by atoms with E-state index >= 15 is 0 Å². The van der Waals surface area contributed by atoms with E-state index in [0.29, 0.717) is 0 Å². The Balaban J connectivity index is 2.70. The molecule has 0 aromatic heterocycles. The van der Waals surface area contributed by atoms with Crippen molar-refractivity contribution < 1.29 is 14.6 Å². The van der Waals surface area contributed by atoms with Gasteiger partial charge in [-0.2, -0.15) is 0 Å². The van der Waals surface area contributed by atoms with E-state index in [1.54, 1.807) is 4.90 Å². The first kappa shape index (κ1) is 13.3. The van der Waals surface area contributed by atoms with E-state index in [2.05, 4.69) is 6.92 Å². The van der Waals surface area contributed by atoms with Gasteiger partial charge in [0.2, 0.25) is 0 Å². The number of aliphatic hydroxyl groups excluding tert-OH is 1. The highest BCUT2D eigenvalue weighted by Gasteiger charge is 2.37. The predicted molar refractivity (Wildman–Crippen MR) is 62.3 cm³/mol. The Morgan fingerprint density at radius 2 is 1.94 bits per heavy atom. The van der Waals surface area contributed by atoms with Crippen molar-refractivity contribution in [3.63, 3.8) is 0 Å². The van der Waals surface area contributed by atoms with Gasteiger partial charge in [-0.15, -0.1) is 0 Å². The molecule has 1 N–H and O–H groups in total. The van der Waals surface area contributed by atoms with Gasteiger partial charge in [0.25, 0.3) is 0 Å². The summed E-state index contributed by atoms with van der Waals surface area (Å²) in [6.07, 6.45) is 2.45. The Kier molecular flexibility index (Phi) is 4.19. The average molecular weight is 229 g/mol. The van der Waals surface area contributed by atoms with E-state index in [1.807, 2.05) is 20.8 Å². The molecule has 0 aromatic carbocycles. The molecule has 0 aliphatic carbocycles. The third-order valence-corrected chi connectivity index (χ3v) is 2.91. The normalized spacial score (nSPS) is 25.9. The zero-order valence-electron chi connectivity index (χ0n) is 10.7. The van der Waals surface area contributed by atoms with Crippen LogP contribution in [0.2, 0.25) is 0 Å². The summed E-state index contributed by atoms with van der Waals surface area (Å²) in [6, 6.07) is 0.145. The van der Waals surface area contributed by atoms with Gasteiger partial charge in [-0.05, 0) is 40.0 Å². The minimum absolute atomic E-state index is 0.0236. The van der Waals surface area contributed by atoms with Crippen molar-refractivity contribution in [2.75, 3.05) is 6.61 Å². The van der Waals surface area contributed by atoms with Gasteiger partial charge < -0.3 is 9.84 Å². The second kappa shape index (κ2) is 5.04. The predicted octanol–water partition coefficient (Wildman–Crippen LogP) is 2.16. The average Bonchev–Trinajstić information content (AvgIpc) is 2.57. The summed E-state index contributed by atoms with van der Waals surface area (Å²) in [5.74, 6) is 0. The van der Waals surface area contributed by atoms with Crippen LogP contribution in [0.3, 0.4) is 0 Å². The number of carbonyl (C=O) groups excluding carboxylic acids is 1. The minimum atomic E-state index is -0.474. The lowest BCUT2D eigenvalue weighted by Gasteiger charge is -2.31. The van der Waals surface area contributed by atoms with Gasteiger partial charge in [0.05, 0.1) is 12.6 Å². The summed E-state index contributed by atoms with van der Waals surface area (Å²) in [5.41, 5.74) is -0.474. The van der Waals surface area contributed by atoms with Crippen LogP contribution in [0.1, 0.15) is 47.0 Å². The summed E-state index contributed by atoms with van der Waals surface area (Å²) < 4.78 is 5.36. The van der Waals surface area contributed by atoms with Crippen molar-refractivity contribution in [3.05, 3.63) is 0 Å². The zero-order chi connectivity index (χ0) is 12.3. The second-order valence-electron chi connectivity index (χ2n) is 5.36. The van der Waals surface area contributed by atoms with Gasteiger partial charge in [0.1, 0.15) is 5.60 Å². The van der Waals surface area contributed by atoms with E-state index in [1.165, 1.54) is 0 Å². The van der Waals surface area contributed by atoms with Crippen LogP contribution in [0.4, 0.5) is 4.79 Å². The van der Waals surface area contributed by atoms with E-state index in [-0.39, 0.29) is 24.8 Å². The molecule has 0 spiro atoms. The smallest absolute Gasteiger partial charge is 0.410 e. The Bertz CT molecular complexity index is 235. The molecule has 4 nitrogen and oxygen atoms in total. The van der Waals surface area contributed by atoms with Crippen molar-refractivity contribution >= 4 is 6.09 Å². The highest BCUT2D eigenvalue weighted by molar-refractivity contribution is 5.69. The Labute approximate surface area is 97.6 Å². The van der Waals surface area contributed by atoms with Crippen LogP contribution in [0, 0.1) is 0 Å². The molecule has 0 bridgehead atoms. The van der Waals surface area contributed by atoms with Crippen LogP contribution >= 0.6 is 0 Å². The number of carbonyl (C=O) groups is 1. The van der Waals surface area contributed by atoms with Gasteiger partial charge in [0, 0.05) is 6.04 Å². The lowest BCUT2D eigenvalue weighted by Crippen LogP contribution is -2.45. The quantitative estimate of drug-likeness (QED) is 0.789. The number of ether oxygens (including phenoxy) is 1. The molecule has 1 fully saturated rings. The number of nitrogens with zero attached hydrogens (tertiary/aromatic N) is 1. The molecule has 0 unspecified atom stereocenters. The van der Waals surface area contributed by atoms with Crippen LogP contribution in [0.15, 0.2) is 0 Å².